The monoisotopic (exact) mass is 325 g/mol. The summed E-state index contributed by atoms with van der Waals surface area (Å²) in [4.78, 5) is 36.7. The molecule has 0 spiro atoms. The molecule has 2 amide bonds. The number of amides is 2. The molecule has 2 aromatic rings. The molecule has 0 radical (unpaired) electrons. The van der Waals surface area contributed by atoms with Crippen molar-refractivity contribution in [3.63, 3.8) is 0 Å². The third-order valence-corrected chi connectivity index (χ3v) is 3.93. The van der Waals surface area contributed by atoms with Gasteiger partial charge in [0.2, 0.25) is 5.91 Å². The highest BCUT2D eigenvalue weighted by atomic mass is 16.6. The van der Waals surface area contributed by atoms with Crippen LogP contribution in [0.2, 0.25) is 0 Å². The highest BCUT2D eigenvalue weighted by Gasteiger charge is 2.29. The topological polar surface area (TPSA) is 92.6 Å². The second-order valence-electron chi connectivity index (χ2n) is 5.63. The summed E-state index contributed by atoms with van der Waals surface area (Å²) in [5.74, 6) is -0.832. The van der Waals surface area contributed by atoms with Gasteiger partial charge >= 0.3 is 0 Å². The number of nitrogens with one attached hydrogen (secondary N) is 1. The quantitative estimate of drug-likeness (QED) is 0.679. The number of nitro groups is 1. The number of carbonyl (C=O) groups excluding carboxylic acids is 2. The number of nitro benzene ring substituents is 1. The fourth-order valence-electron chi connectivity index (χ4n) is 2.60. The molecule has 24 heavy (non-hydrogen) atoms. The standard InChI is InChI=1S/C17H15N3O4/c1-11-10-19(15-5-3-2-4-14(15)18-16(11)21)17(22)12-6-8-13(9-7-12)20(23)24/h2-9,11H,10H2,1H3,(H,18,21). The molecule has 0 aromatic heterocycles. The molecular weight excluding hydrogens is 310 g/mol. The van der Waals surface area contributed by atoms with E-state index in [1.54, 1.807) is 31.2 Å². The van der Waals surface area contributed by atoms with E-state index in [9.17, 15) is 19.7 Å². The Labute approximate surface area is 138 Å². The van der Waals surface area contributed by atoms with Gasteiger partial charge in [0.1, 0.15) is 0 Å². The number of para-hydroxylation sites is 2. The highest BCUT2D eigenvalue weighted by molar-refractivity contribution is 6.10. The summed E-state index contributed by atoms with van der Waals surface area (Å²) in [5.41, 5.74) is 1.44. The largest absolute Gasteiger partial charge is 0.324 e. The van der Waals surface area contributed by atoms with Gasteiger partial charge in [0.25, 0.3) is 11.6 Å². The Kier molecular flexibility index (Phi) is 3.99. The Morgan fingerprint density at radius 1 is 1.21 bits per heavy atom. The molecule has 0 fully saturated rings. The molecule has 7 heteroatoms. The predicted octanol–water partition coefficient (Wildman–Crippen LogP) is 2.83. The van der Waals surface area contributed by atoms with E-state index in [4.69, 9.17) is 0 Å². The van der Waals surface area contributed by atoms with E-state index in [0.29, 0.717) is 16.9 Å². The van der Waals surface area contributed by atoms with Crippen molar-refractivity contribution in [2.75, 3.05) is 16.8 Å². The van der Waals surface area contributed by atoms with E-state index in [1.807, 2.05) is 0 Å². The molecule has 1 aliphatic rings. The van der Waals surface area contributed by atoms with Gasteiger partial charge in [-0.05, 0) is 24.3 Å². The average Bonchev–Trinajstić information content (AvgIpc) is 2.71. The molecule has 7 nitrogen and oxygen atoms in total. The van der Waals surface area contributed by atoms with Gasteiger partial charge in [-0.25, -0.2) is 0 Å². The highest BCUT2D eigenvalue weighted by Crippen LogP contribution is 2.31. The Morgan fingerprint density at radius 3 is 2.54 bits per heavy atom. The number of rotatable bonds is 2. The Bertz CT molecular complexity index is 817. The summed E-state index contributed by atoms with van der Waals surface area (Å²) >= 11 is 0. The number of non-ortho nitro benzene ring substituents is 1. The first-order valence-electron chi connectivity index (χ1n) is 7.43. The maximum Gasteiger partial charge on any atom is 0.269 e. The van der Waals surface area contributed by atoms with Crippen molar-refractivity contribution < 1.29 is 14.5 Å². The summed E-state index contributed by atoms with van der Waals surface area (Å²) in [6, 6.07) is 12.5. The lowest BCUT2D eigenvalue weighted by Gasteiger charge is -2.23. The van der Waals surface area contributed by atoms with Crippen LogP contribution in [0.5, 0.6) is 0 Å². The zero-order valence-electron chi connectivity index (χ0n) is 12.9. The molecule has 0 saturated carbocycles. The first-order valence-corrected chi connectivity index (χ1v) is 7.43. The molecule has 0 saturated heterocycles. The minimum Gasteiger partial charge on any atom is -0.324 e. The van der Waals surface area contributed by atoms with Crippen molar-refractivity contribution in [1.29, 1.82) is 0 Å². The Morgan fingerprint density at radius 2 is 1.88 bits per heavy atom. The van der Waals surface area contributed by atoms with Crippen molar-refractivity contribution in [3.8, 4) is 0 Å². The summed E-state index contributed by atoms with van der Waals surface area (Å²) in [7, 11) is 0. The fraction of sp³-hybridized carbons (Fsp3) is 0.176. The van der Waals surface area contributed by atoms with Crippen LogP contribution in [0.15, 0.2) is 48.5 Å². The second kappa shape index (κ2) is 6.11. The first-order chi connectivity index (χ1) is 11.5. The maximum absolute atomic E-state index is 12.9. The van der Waals surface area contributed by atoms with Crippen LogP contribution in [0.25, 0.3) is 0 Å². The van der Waals surface area contributed by atoms with Crippen LogP contribution in [0, 0.1) is 16.0 Å². The second-order valence-corrected chi connectivity index (χ2v) is 5.63. The van der Waals surface area contributed by atoms with Gasteiger partial charge in [0.15, 0.2) is 0 Å². The molecule has 3 rings (SSSR count). The van der Waals surface area contributed by atoms with E-state index < -0.39 is 4.92 Å². The van der Waals surface area contributed by atoms with Gasteiger partial charge in [-0.2, -0.15) is 0 Å². The lowest BCUT2D eigenvalue weighted by atomic mass is 10.1. The van der Waals surface area contributed by atoms with Crippen LogP contribution < -0.4 is 10.2 Å². The van der Waals surface area contributed by atoms with Crippen LogP contribution in [0.4, 0.5) is 17.1 Å². The smallest absolute Gasteiger partial charge is 0.269 e. The number of fused-ring (bicyclic) bond motifs is 1. The summed E-state index contributed by atoms with van der Waals surface area (Å²) in [6.07, 6.45) is 0. The van der Waals surface area contributed by atoms with Gasteiger partial charge in [-0.1, -0.05) is 19.1 Å². The van der Waals surface area contributed by atoms with E-state index >= 15 is 0 Å². The van der Waals surface area contributed by atoms with Gasteiger partial charge in [-0.3, -0.25) is 19.7 Å². The number of hydrogen-bond acceptors (Lipinski definition) is 4. The van der Waals surface area contributed by atoms with Gasteiger partial charge < -0.3 is 10.2 Å². The van der Waals surface area contributed by atoms with Crippen molar-refractivity contribution in [2.24, 2.45) is 5.92 Å². The minimum absolute atomic E-state index is 0.0759. The normalized spacial score (nSPS) is 16.8. The van der Waals surface area contributed by atoms with E-state index in [2.05, 4.69) is 5.32 Å². The molecule has 1 atom stereocenters. The van der Waals surface area contributed by atoms with E-state index in [0.717, 1.165) is 0 Å². The lowest BCUT2D eigenvalue weighted by molar-refractivity contribution is -0.384. The van der Waals surface area contributed by atoms with E-state index in [1.165, 1.54) is 29.2 Å². The zero-order valence-corrected chi connectivity index (χ0v) is 12.9. The molecule has 1 heterocycles. The van der Waals surface area contributed by atoms with Gasteiger partial charge in [-0.15, -0.1) is 0 Å². The number of hydrogen-bond donors (Lipinski definition) is 1. The third-order valence-electron chi connectivity index (χ3n) is 3.93. The third kappa shape index (κ3) is 2.83. The average molecular weight is 325 g/mol. The van der Waals surface area contributed by atoms with Crippen LogP contribution in [0.1, 0.15) is 17.3 Å². The number of anilines is 2. The lowest BCUT2D eigenvalue weighted by Crippen LogP contribution is -2.35. The predicted molar refractivity (Wildman–Crippen MR) is 89.0 cm³/mol. The number of nitrogens with zero attached hydrogens (tertiary/aromatic N) is 2. The van der Waals surface area contributed by atoms with Crippen LogP contribution >= 0.6 is 0 Å². The van der Waals surface area contributed by atoms with Gasteiger partial charge in [0, 0.05) is 24.2 Å². The molecule has 2 aromatic carbocycles. The summed E-state index contributed by atoms with van der Waals surface area (Å²) in [6.45, 7) is 1.98. The number of carbonyl (C=O) groups is 2. The Balaban J connectivity index is 1.98. The van der Waals surface area contributed by atoms with Crippen LogP contribution in [-0.4, -0.2) is 23.3 Å². The molecule has 1 N–H and O–H groups in total. The van der Waals surface area contributed by atoms with E-state index in [-0.39, 0.29) is 30.0 Å². The fourth-order valence-corrected chi connectivity index (χ4v) is 2.60. The van der Waals surface area contributed by atoms with Crippen molar-refractivity contribution in [1.82, 2.24) is 0 Å². The summed E-state index contributed by atoms with van der Waals surface area (Å²) < 4.78 is 0. The first kappa shape index (κ1) is 15.7. The van der Waals surface area contributed by atoms with Crippen molar-refractivity contribution in [2.45, 2.75) is 6.92 Å². The molecule has 1 unspecified atom stereocenters. The number of benzene rings is 2. The SMILES string of the molecule is CC1CN(C(=O)c2ccc([N+](=O)[O-])cc2)c2ccccc2NC1=O. The summed E-state index contributed by atoms with van der Waals surface area (Å²) in [5, 5.41) is 13.5. The zero-order chi connectivity index (χ0) is 17.3. The minimum atomic E-state index is -0.514. The molecule has 0 aliphatic carbocycles. The molecule has 122 valence electrons. The maximum atomic E-state index is 12.9. The molecule has 1 aliphatic heterocycles. The van der Waals surface area contributed by atoms with Crippen molar-refractivity contribution >= 4 is 28.9 Å². The van der Waals surface area contributed by atoms with Crippen LogP contribution in [-0.2, 0) is 4.79 Å². The van der Waals surface area contributed by atoms with Crippen molar-refractivity contribution in [3.05, 3.63) is 64.2 Å². The Hall–Kier alpha value is -3.22. The molecule has 0 bridgehead atoms. The van der Waals surface area contributed by atoms with Crippen LogP contribution in [0.3, 0.4) is 0 Å². The molecular formula is C17H15N3O4. The van der Waals surface area contributed by atoms with Gasteiger partial charge in [0.05, 0.1) is 22.2 Å².